The van der Waals surface area contributed by atoms with Crippen molar-refractivity contribution in [3.8, 4) is 17.2 Å². The lowest BCUT2D eigenvalue weighted by Gasteiger charge is -2.36. The number of methoxy groups -OCH3 is 1. The lowest BCUT2D eigenvalue weighted by molar-refractivity contribution is -0.274. The van der Waals surface area contributed by atoms with E-state index >= 15 is 0 Å². The summed E-state index contributed by atoms with van der Waals surface area (Å²) in [6.07, 6.45) is -3.56. The summed E-state index contributed by atoms with van der Waals surface area (Å²) in [5.74, 6) is -1.53. The van der Waals surface area contributed by atoms with Gasteiger partial charge in [0.2, 0.25) is 0 Å². The van der Waals surface area contributed by atoms with Crippen LogP contribution in [0.3, 0.4) is 0 Å². The van der Waals surface area contributed by atoms with Crippen LogP contribution < -0.4 is 24.4 Å². The van der Waals surface area contributed by atoms with E-state index in [1.807, 2.05) is 0 Å². The van der Waals surface area contributed by atoms with E-state index in [-0.39, 0.29) is 58.1 Å². The molecule has 1 atom stereocenters. The number of halogens is 4. The number of sulfone groups is 1. The van der Waals surface area contributed by atoms with Crippen molar-refractivity contribution in [2.45, 2.75) is 62.6 Å². The second-order valence-corrected chi connectivity index (χ2v) is 19.8. The fourth-order valence-electron chi connectivity index (χ4n) is 4.90. The smallest absolute Gasteiger partial charge is 0.497 e. The summed E-state index contributed by atoms with van der Waals surface area (Å²) in [7, 11) is -4.49. The van der Waals surface area contributed by atoms with Crippen molar-refractivity contribution in [3.63, 3.8) is 0 Å². The Bertz CT molecular complexity index is 1760. The van der Waals surface area contributed by atoms with Crippen LogP contribution in [0.5, 0.6) is 17.2 Å². The van der Waals surface area contributed by atoms with Crippen molar-refractivity contribution in [2.75, 3.05) is 43.3 Å². The van der Waals surface area contributed by atoms with E-state index in [0.717, 1.165) is 24.5 Å². The number of hydrogen-bond donors (Lipinski definition) is 1. The van der Waals surface area contributed by atoms with Crippen molar-refractivity contribution in [1.29, 1.82) is 0 Å². The van der Waals surface area contributed by atoms with Crippen LogP contribution >= 0.6 is 0 Å². The van der Waals surface area contributed by atoms with E-state index in [1.54, 1.807) is 0 Å². The first-order valence-corrected chi connectivity index (χ1v) is 19.9. The maximum atomic E-state index is 14.6. The van der Waals surface area contributed by atoms with Gasteiger partial charge in [-0.2, -0.15) is 0 Å². The lowest BCUT2D eigenvalue weighted by Crippen LogP contribution is -2.41. The van der Waals surface area contributed by atoms with E-state index < -0.39 is 48.0 Å². The number of rotatable bonds is 12. The van der Waals surface area contributed by atoms with Crippen molar-refractivity contribution in [3.05, 3.63) is 71.5 Å². The molecule has 0 aliphatic carbocycles. The number of alkyl halides is 3. The van der Waals surface area contributed by atoms with Crippen LogP contribution in [0.15, 0.2) is 59.5 Å². The van der Waals surface area contributed by atoms with Gasteiger partial charge < -0.3 is 28.9 Å². The van der Waals surface area contributed by atoms with Gasteiger partial charge in [0, 0.05) is 42.3 Å². The highest BCUT2D eigenvalue weighted by Gasteiger charge is 2.38. The van der Waals surface area contributed by atoms with Crippen LogP contribution in [-0.4, -0.2) is 62.1 Å². The zero-order valence-electron chi connectivity index (χ0n) is 27.8. The topological polar surface area (TPSA) is 103 Å². The number of carbonyl (C=O) groups excluding carboxylic acids is 1. The second-order valence-electron chi connectivity index (χ2n) is 13.0. The van der Waals surface area contributed by atoms with Gasteiger partial charge in [0.05, 0.1) is 24.3 Å². The van der Waals surface area contributed by atoms with Crippen LogP contribution in [0.1, 0.15) is 37.9 Å². The summed E-state index contributed by atoms with van der Waals surface area (Å²) in [6, 6.07) is 10.2. The highest BCUT2D eigenvalue weighted by molar-refractivity contribution is 7.90. The normalized spacial score (nSPS) is 14.4. The molecule has 1 aliphatic rings. The average molecular weight is 713 g/mol. The molecule has 262 valence electrons. The third-order valence-electron chi connectivity index (χ3n) is 8.45. The minimum atomic E-state index is -4.94. The summed E-state index contributed by atoms with van der Waals surface area (Å²) in [6.45, 7) is 10.8. The third-order valence-corrected chi connectivity index (χ3v) is 14.1. The number of ether oxygens (including phenoxy) is 3. The third kappa shape index (κ3) is 8.99. The molecule has 0 saturated heterocycles. The lowest BCUT2D eigenvalue weighted by atomic mass is 10.0. The Hall–Kier alpha value is -3.82. The molecular formula is C33H40F4N2O7SSi. The van der Waals surface area contributed by atoms with Gasteiger partial charge in [0.1, 0.15) is 35.7 Å². The Morgan fingerprint density at radius 3 is 2.33 bits per heavy atom. The predicted octanol–water partition coefficient (Wildman–Crippen LogP) is 7.28. The van der Waals surface area contributed by atoms with Crippen LogP contribution in [0.2, 0.25) is 18.1 Å². The molecule has 48 heavy (non-hydrogen) atoms. The number of amides is 1. The maximum Gasteiger partial charge on any atom is 0.573 e. The SMILES string of the molecule is COc1cc(NC(C(=O)N2CCc3ccc(OC(F)(F)F)cc32)c2ccc(F)cc2OCCO[Si](C)(C)C(C)(C)C)cc(S(C)(=O)=O)c1. The summed E-state index contributed by atoms with van der Waals surface area (Å²) in [4.78, 5) is 15.7. The van der Waals surface area contributed by atoms with Crippen molar-refractivity contribution < 1.29 is 49.4 Å². The first-order valence-electron chi connectivity index (χ1n) is 15.1. The molecule has 15 heteroatoms. The van der Waals surface area contributed by atoms with Gasteiger partial charge in [-0.15, -0.1) is 13.2 Å². The second kappa shape index (κ2) is 14.0. The number of nitrogens with one attached hydrogen (secondary N) is 1. The monoisotopic (exact) mass is 712 g/mol. The van der Waals surface area contributed by atoms with Crippen molar-refractivity contribution >= 4 is 35.4 Å². The molecule has 0 radical (unpaired) electrons. The Balaban J connectivity index is 1.75. The molecular weight excluding hydrogens is 673 g/mol. The largest absolute Gasteiger partial charge is 0.573 e. The van der Waals surface area contributed by atoms with Gasteiger partial charge in [-0.05, 0) is 60.4 Å². The molecule has 0 saturated carbocycles. The average Bonchev–Trinajstić information content (AvgIpc) is 3.39. The van der Waals surface area contributed by atoms with Gasteiger partial charge in [-0.25, -0.2) is 12.8 Å². The molecule has 1 amide bonds. The molecule has 9 nitrogen and oxygen atoms in total. The highest BCUT2D eigenvalue weighted by Crippen LogP contribution is 2.39. The number of nitrogens with zero attached hydrogens (tertiary/aromatic N) is 1. The van der Waals surface area contributed by atoms with Gasteiger partial charge in [-0.3, -0.25) is 4.79 Å². The fourth-order valence-corrected chi connectivity index (χ4v) is 6.60. The van der Waals surface area contributed by atoms with Gasteiger partial charge in [-0.1, -0.05) is 26.8 Å². The zero-order chi connectivity index (χ0) is 35.7. The number of anilines is 2. The van der Waals surface area contributed by atoms with E-state index in [9.17, 15) is 30.8 Å². The number of hydrogen-bond acceptors (Lipinski definition) is 8. The molecule has 3 aromatic rings. The molecule has 4 rings (SSSR count). The zero-order valence-corrected chi connectivity index (χ0v) is 29.6. The van der Waals surface area contributed by atoms with E-state index in [4.69, 9.17) is 13.9 Å². The predicted molar refractivity (Wildman–Crippen MR) is 177 cm³/mol. The number of benzene rings is 3. The van der Waals surface area contributed by atoms with Gasteiger partial charge in [0.25, 0.3) is 5.91 Å². The van der Waals surface area contributed by atoms with E-state index in [1.165, 1.54) is 48.4 Å². The summed E-state index contributed by atoms with van der Waals surface area (Å²) < 4.78 is 100. The number of fused-ring (bicyclic) bond motifs is 1. The molecule has 1 heterocycles. The fraction of sp³-hybridized carbons (Fsp3) is 0.424. The molecule has 0 spiro atoms. The van der Waals surface area contributed by atoms with Crippen molar-refractivity contribution in [2.24, 2.45) is 0 Å². The Kier molecular flexibility index (Phi) is 10.8. The first-order chi connectivity index (χ1) is 22.2. The molecule has 3 aromatic carbocycles. The molecule has 0 fully saturated rings. The highest BCUT2D eigenvalue weighted by atomic mass is 32.2. The Morgan fingerprint density at radius 2 is 1.71 bits per heavy atom. The molecule has 1 aliphatic heterocycles. The number of carbonyl (C=O) groups is 1. The Labute approximate surface area is 279 Å². The molecule has 0 bridgehead atoms. The Morgan fingerprint density at radius 1 is 1.00 bits per heavy atom. The standard InChI is InChI=1S/C33H40F4N2O7SSi/c1-32(2,3)48(6,7)45-15-14-44-29-16-22(34)9-11-27(29)30(38-23-17-25(43-4)19-26(18-23)47(5,41)42)31(40)39-13-12-21-8-10-24(20-28(21)39)46-33(35,36)37/h8-11,16-20,30,38H,12-15H2,1-7H3. The summed E-state index contributed by atoms with van der Waals surface area (Å²) in [5, 5.41) is 3.01. The minimum absolute atomic E-state index is 0.0273. The van der Waals surface area contributed by atoms with Crippen LogP contribution in [-0.2, 0) is 25.5 Å². The molecule has 1 unspecified atom stereocenters. The van der Waals surface area contributed by atoms with Crippen LogP contribution in [0, 0.1) is 5.82 Å². The van der Waals surface area contributed by atoms with E-state index in [2.05, 4.69) is 43.9 Å². The van der Waals surface area contributed by atoms with Crippen LogP contribution in [0.4, 0.5) is 28.9 Å². The van der Waals surface area contributed by atoms with Crippen molar-refractivity contribution in [1.82, 2.24) is 0 Å². The maximum absolute atomic E-state index is 14.6. The van der Waals surface area contributed by atoms with E-state index in [0.29, 0.717) is 12.0 Å². The molecule has 1 N–H and O–H groups in total. The van der Waals surface area contributed by atoms with Crippen LogP contribution in [0.25, 0.3) is 0 Å². The summed E-state index contributed by atoms with van der Waals surface area (Å²) >= 11 is 0. The minimum Gasteiger partial charge on any atom is -0.497 e. The van der Waals surface area contributed by atoms with Gasteiger partial charge >= 0.3 is 6.36 Å². The van der Waals surface area contributed by atoms with Gasteiger partial charge in [0.15, 0.2) is 18.2 Å². The molecule has 0 aromatic heterocycles. The summed E-state index contributed by atoms with van der Waals surface area (Å²) in [5.41, 5.74) is 1.21. The first kappa shape index (κ1) is 37.0. The quantitative estimate of drug-likeness (QED) is 0.119.